The van der Waals surface area contributed by atoms with E-state index in [9.17, 15) is 9.59 Å². The zero-order chi connectivity index (χ0) is 18.9. The predicted octanol–water partition coefficient (Wildman–Crippen LogP) is 3.65. The van der Waals surface area contributed by atoms with Gasteiger partial charge >= 0.3 is 6.03 Å². The molecule has 3 rings (SSSR count). The highest BCUT2D eigenvalue weighted by Gasteiger charge is 2.48. The number of benzene rings is 2. The maximum absolute atomic E-state index is 13.0. The van der Waals surface area contributed by atoms with Gasteiger partial charge in [-0.1, -0.05) is 50.2 Å². The van der Waals surface area contributed by atoms with Gasteiger partial charge in [-0.25, -0.2) is 4.79 Å². The first-order valence-corrected chi connectivity index (χ1v) is 8.58. The molecule has 3 amide bonds. The van der Waals surface area contributed by atoms with E-state index in [4.69, 9.17) is 5.26 Å². The minimum atomic E-state index is -1.07. The predicted molar refractivity (Wildman–Crippen MR) is 98.1 cm³/mol. The number of rotatable bonds is 4. The van der Waals surface area contributed by atoms with E-state index in [2.05, 4.69) is 25.2 Å². The van der Waals surface area contributed by atoms with Crippen molar-refractivity contribution < 1.29 is 9.59 Å². The first-order chi connectivity index (χ1) is 12.3. The van der Waals surface area contributed by atoms with Crippen LogP contribution in [0.2, 0.25) is 0 Å². The molecule has 2 aromatic carbocycles. The van der Waals surface area contributed by atoms with E-state index in [1.807, 2.05) is 24.3 Å². The Bertz CT molecular complexity index is 879. The molecule has 0 saturated carbocycles. The van der Waals surface area contributed by atoms with Gasteiger partial charge in [-0.3, -0.25) is 9.69 Å². The molecule has 132 valence electrons. The molecule has 5 nitrogen and oxygen atoms in total. The van der Waals surface area contributed by atoms with Gasteiger partial charge in [0.2, 0.25) is 0 Å². The molecule has 0 bridgehead atoms. The summed E-state index contributed by atoms with van der Waals surface area (Å²) in [4.78, 5) is 26.6. The second-order valence-electron chi connectivity index (χ2n) is 7.03. The van der Waals surface area contributed by atoms with E-state index in [0.717, 1.165) is 11.1 Å². The highest BCUT2D eigenvalue weighted by atomic mass is 16.2. The summed E-state index contributed by atoms with van der Waals surface area (Å²) < 4.78 is 0. The quantitative estimate of drug-likeness (QED) is 0.858. The lowest BCUT2D eigenvalue weighted by Crippen LogP contribution is -2.40. The normalized spacial score (nSPS) is 19.6. The van der Waals surface area contributed by atoms with Crippen molar-refractivity contribution in [1.29, 1.82) is 5.26 Å². The maximum Gasteiger partial charge on any atom is 0.325 e. The van der Waals surface area contributed by atoms with Gasteiger partial charge in [0.1, 0.15) is 5.54 Å². The van der Waals surface area contributed by atoms with Crippen molar-refractivity contribution in [3.05, 3.63) is 70.8 Å². The number of carbonyl (C=O) groups is 2. The van der Waals surface area contributed by atoms with E-state index < -0.39 is 11.6 Å². The lowest BCUT2D eigenvalue weighted by molar-refractivity contribution is -0.131. The molecule has 1 heterocycles. The lowest BCUT2D eigenvalue weighted by Gasteiger charge is -2.23. The molecule has 1 N–H and O–H groups in total. The van der Waals surface area contributed by atoms with Crippen molar-refractivity contribution in [3.8, 4) is 6.07 Å². The number of imide groups is 1. The van der Waals surface area contributed by atoms with E-state index in [0.29, 0.717) is 11.5 Å². The second-order valence-corrected chi connectivity index (χ2v) is 7.03. The Morgan fingerprint density at radius 2 is 1.69 bits per heavy atom. The van der Waals surface area contributed by atoms with E-state index in [-0.39, 0.29) is 12.5 Å². The minimum absolute atomic E-state index is 0.177. The van der Waals surface area contributed by atoms with Crippen molar-refractivity contribution in [2.45, 2.75) is 38.8 Å². The fourth-order valence-electron chi connectivity index (χ4n) is 3.10. The van der Waals surface area contributed by atoms with Crippen molar-refractivity contribution in [2.75, 3.05) is 0 Å². The number of hydrogen-bond acceptors (Lipinski definition) is 3. The summed E-state index contributed by atoms with van der Waals surface area (Å²) in [5.41, 5.74) is 2.22. The first kappa shape index (κ1) is 17.7. The van der Waals surface area contributed by atoms with Gasteiger partial charge in [0.25, 0.3) is 5.91 Å². The number of hydrogen-bond donors (Lipinski definition) is 1. The van der Waals surface area contributed by atoms with Crippen LogP contribution < -0.4 is 5.32 Å². The number of amides is 3. The summed E-state index contributed by atoms with van der Waals surface area (Å²) in [7, 11) is 0. The van der Waals surface area contributed by atoms with Crippen molar-refractivity contribution in [3.63, 3.8) is 0 Å². The van der Waals surface area contributed by atoms with Crippen LogP contribution >= 0.6 is 0 Å². The third-order valence-corrected chi connectivity index (χ3v) is 4.85. The van der Waals surface area contributed by atoms with E-state index >= 15 is 0 Å². The minimum Gasteiger partial charge on any atom is -0.319 e. The van der Waals surface area contributed by atoms with Gasteiger partial charge in [-0.05, 0) is 41.7 Å². The molecule has 1 aliphatic heterocycles. The number of nitriles is 1. The van der Waals surface area contributed by atoms with Crippen LogP contribution in [0.5, 0.6) is 0 Å². The summed E-state index contributed by atoms with van der Waals surface area (Å²) in [6.07, 6.45) is 0. The number of carbonyl (C=O) groups excluding carboxylic acids is 2. The van der Waals surface area contributed by atoms with Crippen molar-refractivity contribution >= 4 is 11.9 Å². The SMILES string of the molecule is CC(C)c1ccc(C2(C)NC(=O)N(Cc3ccc(C#N)cc3)C2=O)cc1. The van der Waals surface area contributed by atoms with Gasteiger partial charge in [-0.15, -0.1) is 0 Å². The molecule has 1 aliphatic rings. The molecule has 0 aromatic heterocycles. The molecule has 26 heavy (non-hydrogen) atoms. The van der Waals surface area contributed by atoms with E-state index in [1.54, 1.807) is 31.2 Å². The summed E-state index contributed by atoms with van der Waals surface area (Å²) in [6, 6.07) is 16.3. The molecule has 5 heteroatoms. The molecule has 2 aromatic rings. The molecule has 1 saturated heterocycles. The third-order valence-electron chi connectivity index (χ3n) is 4.85. The Labute approximate surface area is 153 Å². The summed E-state index contributed by atoms with van der Waals surface area (Å²) in [6.45, 7) is 6.13. The van der Waals surface area contributed by atoms with Gasteiger partial charge in [0.05, 0.1) is 18.2 Å². The molecule has 0 aliphatic carbocycles. The van der Waals surface area contributed by atoms with Crippen LogP contribution in [0.4, 0.5) is 4.79 Å². The largest absolute Gasteiger partial charge is 0.325 e. The molecule has 1 atom stereocenters. The average Bonchev–Trinajstić information content (AvgIpc) is 2.86. The summed E-state index contributed by atoms with van der Waals surface area (Å²) in [5.74, 6) is 0.128. The number of urea groups is 1. The Kier molecular flexibility index (Phi) is 4.52. The average molecular weight is 347 g/mol. The van der Waals surface area contributed by atoms with Crippen molar-refractivity contribution in [2.24, 2.45) is 0 Å². The zero-order valence-electron chi connectivity index (χ0n) is 15.1. The van der Waals surface area contributed by atoms with E-state index in [1.165, 1.54) is 10.5 Å². The smallest absolute Gasteiger partial charge is 0.319 e. The Morgan fingerprint density at radius 1 is 1.08 bits per heavy atom. The molecular weight excluding hydrogens is 326 g/mol. The number of nitrogens with one attached hydrogen (secondary N) is 1. The third kappa shape index (κ3) is 3.06. The lowest BCUT2D eigenvalue weighted by atomic mass is 9.90. The topological polar surface area (TPSA) is 73.2 Å². The van der Waals surface area contributed by atoms with Gasteiger partial charge in [0, 0.05) is 0 Å². The molecular formula is C21H21N3O2. The highest BCUT2D eigenvalue weighted by Crippen LogP contribution is 2.30. The van der Waals surface area contributed by atoms with Crippen LogP contribution in [-0.4, -0.2) is 16.8 Å². The van der Waals surface area contributed by atoms with Crippen LogP contribution in [0, 0.1) is 11.3 Å². The van der Waals surface area contributed by atoms with Crippen LogP contribution in [0.3, 0.4) is 0 Å². The van der Waals surface area contributed by atoms with Crippen LogP contribution in [-0.2, 0) is 16.9 Å². The van der Waals surface area contributed by atoms with Gasteiger partial charge in [0.15, 0.2) is 0 Å². The van der Waals surface area contributed by atoms with Crippen LogP contribution in [0.1, 0.15) is 48.9 Å². The Morgan fingerprint density at radius 3 is 2.23 bits per heavy atom. The standard InChI is InChI=1S/C21H21N3O2/c1-14(2)17-8-10-18(11-9-17)21(3)19(25)24(20(26)23-21)13-16-6-4-15(12-22)5-7-16/h4-11,14H,13H2,1-3H3,(H,23,26). The molecule has 0 spiro atoms. The zero-order valence-corrected chi connectivity index (χ0v) is 15.1. The highest BCUT2D eigenvalue weighted by molar-refractivity contribution is 6.07. The fraction of sp³-hybridized carbons (Fsp3) is 0.286. The van der Waals surface area contributed by atoms with Crippen LogP contribution in [0.15, 0.2) is 48.5 Å². The van der Waals surface area contributed by atoms with Gasteiger partial charge < -0.3 is 5.32 Å². The molecule has 0 radical (unpaired) electrons. The molecule has 1 unspecified atom stereocenters. The number of nitrogens with zero attached hydrogens (tertiary/aromatic N) is 2. The van der Waals surface area contributed by atoms with Crippen LogP contribution in [0.25, 0.3) is 0 Å². The molecule has 1 fully saturated rings. The maximum atomic E-state index is 13.0. The second kappa shape index (κ2) is 6.64. The summed E-state index contributed by atoms with van der Waals surface area (Å²) >= 11 is 0. The summed E-state index contributed by atoms with van der Waals surface area (Å²) in [5, 5.41) is 11.7. The monoisotopic (exact) mass is 347 g/mol. The Balaban J connectivity index is 1.84. The van der Waals surface area contributed by atoms with Crippen molar-refractivity contribution in [1.82, 2.24) is 10.2 Å². The Hall–Kier alpha value is -3.13. The first-order valence-electron chi connectivity index (χ1n) is 8.58. The fourth-order valence-corrected chi connectivity index (χ4v) is 3.10. The van der Waals surface area contributed by atoms with Gasteiger partial charge in [-0.2, -0.15) is 5.26 Å².